The van der Waals surface area contributed by atoms with Gasteiger partial charge in [0.25, 0.3) is 0 Å². The Labute approximate surface area is 214 Å². The van der Waals surface area contributed by atoms with Crippen LogP contribution in [0.3, 0.4) is 0 Å². The van der Waals surface area contributed by atoms with Crippen molar-refractivity contribution < 1.29 is 14.6 Å². The lowest BCUT2D eigenvalue weighted by Gasteiger charge is -2.17. The molecule has 2 aromatic carbocycles. The highest BCUT2D eigenvalue weighted by Gasteiger charge is 2.21. The molecule has 1 heterocycles. The normalized spacial score (nSPS) is 12.7. The van der Waals surface area contributed by atoms with E-state index in [0.29, 0.717) is 35.6 Å². The summed E-state index contributed by atoms with van der Waals surface area (Å²) in [5, 5.41) is 10.0. The van der Waals surface area contributed by atoms with E-state index in [2.05, 4.69) is 55.8 Å². The molecule has 5 nitrogen and oxygen atoms in total. The van der Waals surface area contributed by atoms with E-state index in [1.54, 1.807) is 18.2 Å². The number of carbonyl (C=O) groups is 1. The molecular weight excluding hydrogens is 460 g/mol. The summed E-state index contributed by atoms with van der Waals surface area (Å²) in [6.45, 7) is 10.4. The second-order valence-corrected chi connectivity index (χ2v) is 10.9. The molecule has 1 aromatic heterocycles. The fourth-order valence-electron chi connectivity index (χ4n) is 4.31. The second-order valence-electron chi connectivity index (χ2n) is 10.5. The Morgan fingerprint density at radius 2 is 1.83 bits per heavy atom. The number of aryl methyl sites for hydroxylation is 1. The number of aliphatic hydroxyl groups excluding tert-OH is 1. The van der Waals surface area contributed by atoms with Gasteiger partial charge in [0, 0.05) is 42.8 Å². The van der Waals surface area contributed by atoms with Crippen molar-refractivity contribution in [2.45, 2.75) is 65.4 Å². The summed E-state index contributed by atoms with van der Waals surface area (Å²) in [7, 11) is 2.03. The molecule has 0 aliphatic carbocycles. The van der Waals surface area contributed by atoms with Gasteiger partial charge in [-0.3, -0.25) is 4.79 Å². The number of nitrogens with zero attached hydrogens (tertiary/aromatic N) is 2. The number of Topliss-reactive ketones (excluding diaryl/α,β-unsaturated/α-hetero) is 1. The molecule has 1 atom stereocenters. The third-order valence-corrected chi connectivity index (χ3v) is 6.24. The van der Waals surface area contributed by atoms with E-state index in [1.165, 1.54) is 0 Å². The second kappa shape index (κ2) is 11.4. The van der Waals surface area contributed by atoms with Gasteiger partial charge in [-0.1, -0.05) is 56.6 Å². The summed E-state index contributed by atoms with van der Waals surface area (Å²) < 4.78 is 7.75. The lowest BCUT2D eigenvalue weighted by atomic mass is 9.89. The minimum Gasteiger partial charge on any atom is -0.489 e. The lowest BCUT2D eigenvalue weighted by Crippen LogP contribution is -2.17. The van der Waals surface area contributed by atoms with Crippen molar-refractivity contribution in [2.24, 2.45) is 13.0 Å². The number of imidazole rings is 1. The number of rotatable bonds is 10. The van der Waals surface area contributed by atoms with Crippen molar-refractivity contribution in [3.05, 3.63) is 70.6 Å². The van der Waals surface area contributed by atoms with Crippen molar-refractivity contribution in [2.75, 3.05) is 6.61 Å². The van der Waals surface area contributed by atoms with Gasteiger partial charge in [-0.15, -0.1) is 0 Å². The molecule has 0 saturated heterocycles. The van der Waals surface area contributed by atoms with Crippen LogP contribution in [-0.4, -0.2) is 33.2 Å². The number of hydrogen-bond donors (Lipinski definition) is 1. The molecule has 0 bridgehead atoms. The van der Waals surface area contributed by atoms with E-state index < -0.39 is 0 Å². The van der Waals surface area contributed by atoms with E-state index >= 15 is 0 Å². The molecule has 0 aliphatic rings. The van der Waals surface area contributed by atoms with Crippen molar-refractivity contribution in [3.8, 4) is 17.0 Å². The molecule has 188 valence electrons. The Morgan fingerprint density at radius 1 is 1.14 bits per heavy atom. The maximum absolute atomic E-state index is 13.0. The number of ether oxygens (including phenoxy) is 1. The Kier molecular flexibility index (Phi) is 8.79. The van der Waals surface area contributed by atoms with Crippen molar-refractivity contribution in [1.82, 2.24) is 9.55 Å². The average Bonchev–Trinajstić information content (AvgIpc) is 3.17. The molecule has 0 amide bonds. The predicted molar refractivity (Wildman–Crippen MR) is 142 cm³/mol. The van der Waals surface area contributed by atoms with Crippen LogP contribution in [-0.2, 0) is 18.9 Å². The number of aromatic nitrogens is 2. The van der Waals surface area contributed by atoms with Crippen LogP contribution in [0.2, 0.25) is 5.02 Å². The van der Waals surface area contributed by atoms with Gasteiger partial charge in [-0.2, -0.15) is 0 Å². The molecule has 1 unspecified atom stereocenters. The number of halogens is 1. The maximum Gasteiger partial charge on any atom is 0.163 e. The van der Waals surface area contributed by atoms with Crippen LogP contribution in [0, 0.1) is 5.92 Å². The Hall–Kier alpha value is -2.63. The molecule has 0 spiro atoms. The molecule has 1 N–H and O–H groups in total. The first-order valence-electron chi connectivity index (χ1n) is 12.2. The monoisotopic (exact) mass is 496 g/mol. The smallest absolute Gasteiger partial charge is 0.163 e. The highest BCUT2D eigenvalue weighted by Crippen LogP contribution is 2.29. The molecule has 6 heteroatoms. The number of aliphatic hydroxyl groups is 1. The highest BCUT2D eigenvalue weighted by molar-refractivity contribution is 6.32. The Balaban J connectivity index is 1.69. The van der Waals surface area contributed by atoms with Crippen LogP contribution >= 0.6 is 11.6 Å². The standard InChI is InChI=1S/C29H37ClN2O3/c1-19(2)35-27-12-11-23(17-24(27)30)26(34)16-21(13-14-33)15-20-7-9-22(10-8-20)25-18-32(6)28(31-25)29(3,4)5/h7-12,17-19,21,33H,13-16H2,1-6H3. The van der Waals surface area contributed by atoms with Crippen LogP contribution in [0.4, 0.5) is 0 Å². The largest absolute Gasteiger partial charge is 0.489 e. The fraction of sp³-hybridized carbons (Fsp3) is 0.448. The quantitative estimate of drug-likeness (QED) is 0.319. The zero-order chi connectivity index (χ0) is 25.8. The third-order valence-electron chi connectivity index (χ3n) is 5.95. The third kappa shape index (κ3) is 7.18. The molecule has 35 heavy (non-hydrogen) atoms. The fourth-order valence-corrected chi connectivity index (χ4v) is 4.53. The lowest BCUT2D eigenvalue weighted by molar-refractivity contribution is 0.0953. The summed E-state index contributed by atoms with van der Waals surface area (Å²) in [6, 6.07) is 13.5. The van der Waals surface area contributed by atoms with Gasteiger partial charge < -0.3 is 14.4 Å². The summed E-state index contributed by atoms with van der Waals surface area (Å²) in [5.41, 5.74) is 3.68. The van der Waals surface area contributed by atoms with Gasteiger partial charge in [0.05, 0.1) is 16.8 Å². The molecular formula is C29H37ClN2O3. The molecule has 0 fully saturated rings. The molecule has 0 aliphatic heterocycles. The van der Waals surface area contributed by atoms with E-state index in [1.807, 2.05) is 20.9 Å². The SMILES string of the molecule is CC(C)Oc1ccc(C(=O)CC(CCO)Cc2ccc(-c3cn(C)c(C(C)(C)C)n3)cc2)cc1Cl. The first-order chi connectivity index (χ1) is 16.5. The first kappa shape index (κ1) is 27.0. The summed E-state index contributed by atoms with van der Waals surface area (Å²) in [6.07, 6.45) is 3.69. The summed E-state index contributed by atoms with van der Waals surface area (Å²) in [4.78, 5) is 17.8. The number of carbonyl (C=O) groups excluding carboxylic acids is 1. The van der Waals surface area contributed by atoms with Gasteiger partial charge in [0.15, 0.2) is 5.78 Å². The summed E-state index contributed by atoms with van der Waals surface area (Å²) >= 11 is 6.32. The highest BCUT2D eigenvalue weighted by atomic mass is 35.5. The van der Waals surface area contributed by atoms with Crippen LogP contribution in [0.5, 0.6) is 5.75 Å². The predicted octanol–water partition coefficient (Wildman–Crippen LogP) is 6.64. The van der Waals surface area contributed by atoms with Gasteiger partial charge in [-0.25, -0.2) is 4.98 Å². The molecule has 3 rings (SSSR count). The topological polar surface area (TPSA) is 64.3 Å². The number of hydrogen-bond acceptors (Lipinski definition) is 4. The number of benzene rings is 2. The van der Waals surface area contributed by atoms with E-state index in [0.717, 1.165) is 22.6 Å². The van der Waals surface area contributed by atoms with Crippen molar-refractivity contribution in [1.29, 1.82) is 0 Å². The Bertz CT molecular complexity index is 1140. The summed E-state index contributed by atoms with van der Waals surface area (Å²) in [5.74, 6) is 1.67. The minimum atomic E-state index is -0.0248. The Morgan fingerprint density at radius 3 is 2.37 bits per heavy atom. The average molecular weight is 497 g/mol. The molecule has 0 radical (unpaired) electrons. The van der Waals surface area contributed by atoms with Crippen LogP contribution < -0.4 is 4.74 Å². The molecule has 3 aromatic rings. The van der Waals surface area contributed by atoms with Gasteiger partial charge in [0.1, 0.15) is 11.6 Å². The van der Waals surface area contributed by atoms with Crippen LogP contribution in [0.1, 0.15) is 69.2 Å². The van der Waals surface area contributed by atoms with Gasteiger partial charge >= 0.3 is 0 Å². The van der Waals surface area contributed by atoms with E-state index in [4.69, 9.17) is 21.3 Å². The maximum atomic E-state index is 13.0. The van der Waals surface area contributed by atoms with Crippen LogP contribution in [0.15, 0.2) is 48.7 Å². The van der Waals surface area contributed by atoms with E-state index in [9.17, 15) is 9.90 Å². The number of ketones is 1. The zero-order valence-corrected chi connectivity index (χ0v) is 22.4. The van der Waals surface area contributed by atoms with E-state index in [-0.39, 0.29) is 29.8 Å². The minimum absolute atomic E-state index is 0.00702. The van der Waals surface area contributed by atoms with Crippen molar-refractivity contribution in [3.63, 3.8) is 0 Å². The van der Waals surface area contributed by atoms with Gasteiger partial charge in [-0.05, 0) is 56.4 Å². The van der Waals surface area contributed by atoms with Gasteiger partial charge in [0.2, 0.25) is 0 Å². The first-order valence-corrected chi connectivity index (χ1v) is 12.6. The van der Waals surface area contributed by atoms with Crippen molar-refractivity contribution >= 4 is 17.4 Å². The zero-order valence-electron chi connectivity index (χ0n) is 21.6. The van der Waals surface area contributed by atoms with Crippen LogP contribution in [0.25, 0.3) is 11.3 Å². The molecule has 0 saturated carbocycles.